The number of hydrogen-bond acceptors (Lipinski definition) is 4. The van der Waals surface area contributed by atoms with Crippen molar-refractivity contribution in [2.75, 3.05) is 0 Å². The molecule has 0 saturated heterocycles. The number of pyridine rings is 2. The van der Waals surface area contributed by atoms with E-state index in [0.717, 1.165) is 67.1 Å². The second-order valence-electron chi connectivity index (χ2n) is 12.6. The van der Waals surface area contributed by atoms with Gasteiger partial charge < -0.3 is 14.0 Å². The maximum Gasteiger partial charge on any atom is 0.155 e. The number of para-hydroxylation sites is 2. The SMILES string of the molecule is Cc1ccc2nc(-c3[c-]ccc4c3oc3ccccc34)n(-c3c(C(C)C)cccc3C(C)C)c2n1.[2H]C([2H])([2H])c1ccc(-c2[c-]cccc2)nc1.[Ir]. The van der Waals surface area contributed by atoms with Gasteiger partial charge >= 0.3 is 0 Å². The number of aryl methyl sites for hydroxylation is 2. The largest absolute Gasteiger partial charge is 0.501 e. The first-order chi connectivity index (χ1) is 24.5. The summed E-state index contributed by atoms with van der Waals surface area (Å²) in [7, 11) is 0. The summed E-state index contributed by atoms with van der Waals surface area (Å²) < 4.78 is 30.3. The van der Waals surface area contributed by atoms with Crippen molar-refractivity contribution in [3.8, 4) is 28.3 Å². The van der Waals surface area contributed by atoms with E-state index in [4.69, 9.17) is 18.5 Å². The zero-order valence-corrected chi connectivity index (χ0v) is 30.5. The van der Waals surface area contributed by atoms with Crippen molar-refractivity contribution in [2.24, 2.45) is 0 Å². The summed E-state index contributed by atoms with van der Waals surface area (Å²) in [5.74, 6) is 1.48. The maximum atomic E-state index is 7.23. The second kappa shape index (κ2) is 14.3. The van der Waals surface area contributed by atoms with Crippen molar-refractivity contribution >= 4 is 33.1 Å². The number of aromatic nitrogens is 4. The number of fused-ring (bicyclic) bond motifs is 4. The van der Waals surface area contributed by atoms with E-state index in [1.54, 1.807) is 18.2 Å². The van der Waals surface area contributed by atoms with Gasteiger partial charge in [-0.2, -0.15) is 0 Å². The molecule has 0 aliphatic carbocycles. The molecule has 6 heteroatoms. The molecule has 0 spiro atoms. The smallest absolute Gasteiger partial charge is 0.155 e. The van der Waals surface area contributed by atoms with Crippen LogP contribution in [0.4, 0.5) is 0 Å². The molecule has 0 unspecified atom stereocenters. The topological polar surface area (TPSA) is 56.7 Å². The second-order valence-corrected chi connectivity index (χ2v) is 12.6. The zero-order chi connectivity index (χ0) is 35.9. The van der Waals surface area contributed by atoms with Crippen LogP contribution < -0.4 is 0 Å². The number of nitrogens with zero attached hydrogens (tertiary/aromatic N) is 4. The van der Waals surface area contributed by atoms with E-state index < -0.39 is 6.85 Å². The average molecular weight is 822 g/mol. The molecule has 8 aromatic rings. The molecular weight excluding hydrogens is 781 g/mol. The number of imidazole rings is 1. The third kappa shape index (κ3) is 6.59. The summed E-state index contributed by atoms with van der Waals surface area (Å²) >= 11 is 0. The van der Waals surface area contributed by atoms with Gasteiger partial charge in [0.1, 0.15) is 5.58 Å². The Bertz CT molecular complexity index is 2460. The van der Waals surface area contributed by atoms with Gasteiger partial charge in [0, 0.05) is 47.2 Å². The van der Waals surface area contributed by atoms with Gasteiger partial charge in [0.2, 0.25) is 0 Å². The Hall–Kier alpha value is -4.90. The summed E-state index contributed by atoms with van der Waals surface area (Å²) in [5.41, 5.74) is 10.8. The van der Waals surface area contributed by atoms with Crippen LogP contribution in [0, 0.1) is 25.9 Å². The molecule has 0 atom stereocenters. The van der Waals surface area contributed by atoms with Crippen molar-refractivity contribution in [3.05, 3.63) is 144 Å². The van der Waals surface area contributed by atoms with Gasteiger partial charge in [-0.1, -0.05) is 87.2 Å². The molecule has 0 N–H and O–H groups in total. The van der Waals surface area contributed by atoms with E-state index in [2.05, 4.69) is 85.8 Å². The molecule has 4 aromatic heterocycles. The molecule has 8 rings (SSSR count). The molecule has 0 aliphatic heterocycles. The molecule has 1 radical (unpaired) electrons. The summed E-state index contributed by atoms with van der Waals surface area (Å²) in [6, 6.07) is 40.1. The Morgan fingerprint density at radius 2 is 1.53 bits per heavy atom. The predicted molar refractivity (Wildman–Crippen MR) is 197 cm³/mol. The van der Waals surface area contributed by atoms with Crippen molar-refractivity contribution in [1.29, 1.82) is 0 Å². The first kappa shape index (κ1) is 30.2. The fraction of sp³-hybridized carbons (Fsp3) is 0.186. The fourth-order valence-electron chi connectivity index (χ4n) is 6.16. The molecular formula is C43H38IrN4O-2. The fourth-order valence-corrected chi connectivity index (χ4v) is 6.16. The molecule has 247 valence electrons. The van der Waals surface area contributed by atoms with Gasteiger partial charge in [-0.05, 0) is 66.2 Å². The Labute approximate surface area is 305 Å². The van der Waals surface area contributed by atoms with Gasteiger partial charge in [0.25, 0.3) is 0 Å². The van der Waals surface area contributed by atoms with Crippen molar-refractivity contribution < 1.29 is 28.6 Å². The molecule has 0 bridgehead atoms. The average Bonchev–Trinajstić information content (AvgIpc) is 3.70. The third-order valence-electron chi connectivity index (χ3n) is 8.52. The quantitative estimate of drug-likeness (QED) is 0.162. The summed E-state index contributed by atoms with van der Waals surface area (Å²) in [4.78, 5) is 14.2. The monoisotopic (exact) mass is 822 g/mol. The number of furan rings is 1. The molecule has 0 aliphatic rings. The molecule has 0 saturated carbocycles. The first-order valence-electron chi connectivity index (χ1n) is 17.8. The van der Waals surface area contributed by atoms with Crippen LogP contribution in [0.25, 0.3) is 61.4 Å². The van der Waals surface area contributed by atoms with Crippen molar-refractivity contribution in [1.82, 2.24) is 19.5 Å². The molecule has 5 nitrogen and oxygen atoms in total. The summed E-state index contributed by atoms with van der Waals surface area (Å²) in [5, 5.41) is 2.16. The molecule has 4 heterocycles. The zero-order valence-electron chi connectivity index (χ0n) is 31.1. The van der Waals surface area contributed by atoms with E-state index >= 15 is 0 Å². The minimum atomic E-state index is -2.09. The molecule has 4 aromatic carbocycles. The van der Waals surface area contributed by atoms with Gasteiger partial charge in [0.05, 0.1) is 16.9 Å². The van der Waals surface area contributed by atoms with Crippen LogP contribution in [0.5, 0.6) is 0 Å². The van der Waals surface area contributed by atoms with Crippen LogP contribution >= 0.6 is 0 Å². The Morgan fingerprint density at radius 3 is 2.22 bits per heavy atom. The standard InChI is InChI=1S/C31H28N3O.C12H10N.Ir/c1-18(2)21-11-8-12-22(19(3)4)28(21)34-30(33-26-17-16-20(5)32-31(26)34)25-14-9-13-24-23-10-6-7-15-27(23)35-29(24)25;1-10-7-8-12(13-9-10)11-5-3-2-4-6-11;/h6-13,15-19H,1-5H3;2-5,7-9H,1H3;/q2*-1;/i;1D3;. The minimum Gasteiger partial charge on any atom is -0.501 e. The van der Waals surface area contributed by atoms with Crippen LogP contribution in [-0.2, 0) is 20.1 Å². The van der Waals surface area contributed by atoms with Crippen LogP contribution in [0.15, 0.2) is 114 Å². The van der Waals surface area contributed by atoms with E-state index in [1.165, 1.54) is 17.3 Å². The number of benzene rings is 4. The Kier molecular flexibility index (Phi) is 8.80. The maximum absolute atomic E-state index is 7.23. The Balaban J connectivity index is 0.000000230. The van der Waals surface area contributed by atoms with Crippen LogP contribution in [0.1, 0.15) is 66.0 Å². The molecule has 0 fully saturated rings. The predicted octanol–water partition coefficient (Wildman–Crippen LogP) is 11.2. The van der Waals surface area contributed by atoms with Crippen LogP contribution in [-0.4, -0.2) is 19.5 Å². The van der Waals surface area contributed by atoms with Gasteiger partial charge in [-0.25, -0.2) is 4.98 Å². The number of rotatable bonds is 5. The van der Waals surface area contributed by atoms with Gasteiger partial charge in [-0.3, -0.25) is 4.98 Å². The Morgan fingerprint density at radius 1 is 0.755 bits per heavy atom. The van der Waals surface area contributed by atoms with Gasteiger partial charge in [-0.15, -0.1) is 54.1 Å². The summed E-state index contributed by atoms with van der Waals surface area (Å²) in [6.45, 7) is 8.91. The van der Waals surface area contributed by atoms with E-state index in [-0.39, 0.29) is 25.7 Å². The first-order valence-corrected chi connectivity index (χ1v) is 16.3. The molecule has 0 amide bonds. The molecule has 49 heavy (non-hydrogen) atoms. The third-order valence-corrected chi connectivity index (χ3v) is 8.52. The summed E-state index contributed by atoms with van der Waals surface area (Å²) in [6.07, 6.45) is 1.39. The normalized spacial score (nSPS) is 12.4. The van der Waals surface area contributed by atoms with Gasteiger partial charge in [0.15, 0.2) is 5.65 Å². The van der Waals surface area contributed by atoms with E-state index in [0.29, 0.717) is 11.8 Å². The van der Waals surface area contributed by atoms with Crippen molar-refractivity contribution in [3.63, 3.8) is 0 Å². The van der Waals surface area contributed by atoms with Crippen LogP contribution in [0.3, 0.4) is 0 Å². The van der Waals surface area contributed by atoms with E-state index in [1.807, 2.05) is 55.5 Å². The van der Waals surface area contributed by atoms with Crippen LogP contribution in [0.2, 0.25) is 0 Å². The van der Waals surface area contributed by atoms with E-state index in [9.17, 15) is 0 Å². The minimum absolute atomic E-state index is 0. The van der Waals surface area contributed by atoms with Crippen molar-refractivity contribution in [2.45, 2.75) is 53.3 Å². The number of hydrogen-bond donors (Lipinski definition) is 0.